The smallest absolute Gasteiger partial charge is 0.0524 e. The Bertz CT molecular complexity index is 337. The van der Waals surface area contributed by atoms with E-state index in [9.17, 15) is 0 Å². The van der Waals surface area contributed by atoms with Crippen molar-refractivity contribution in [2.75, 3.05) is 19.6 Å². The van der Waals surface area contributed by atoms with E-state index in [4.69, 9.17) is 5.73 Å². The second-order valence-corrected chi connectivity index (χ2v) is 4.96. The molecule has 0 amide bonds. The molecule has 1 saturated heterocycles. The lowest BCUT2D eigenvalue weighted by Gasteiger charge is -2.32. The summed E-state index contributed by atoms with van der Waals surface area (Å²) in [6.45, 7) is 7.38. The molecule has 0 aromatic carbocycles. The molecule has 2 heterocycles. The molecule has 18 heavy (non-hydrogen) atoms. The van der Waals surface area contributed by atoms with Crippen molar-refractivity contribution in [3.63, 3.8) is 0 Å². The molecule has 1 atom stereocenters. The van der Waals surface area contributed by atoms with Gasteiger partial charge in [0, 0.05) is 25.8 Å². The second-order valence-electron chi connectivity index (χ2n) is 4.96. The first kappa shape index (κ1) is 15.5. The van der Waals surface area contributed by atoms with Crippen molar-refractivity contribution in [1.29, 1.82) is 0 Å². The topological polar surface area (TPSA) is 47.1 Å². The Morgan fingerprint density at radius 3 is 3.06 bits per heavy atom. The van der Waals surface area contributed by atoms with Gasteiger partial charge in [-0.25, -0.2) is 0 Å². The van der Waals surface area contributed by atoms with Crippen molar-refractivity contribution in [2.24, 2.45) is 11.7 Å². The Morgan fingerprint density at radius 2 is 2.33 bits per heavy atom. The molecule has 1 aromatic rings. The number of rotatable bonds is 5. The van der Waals surface area contributed by atoms with E-state index in [-0.39, 0.29) is 12.4 Å². The summed E-state index contributed by atoms with van der Waals surface area (Å²) in [5.74, 6) is 0.798. The molecule has 0 saturated carbocycles. The van der Waals surface area contributed by atoms with Gasteiger partial charge in [-0.1, -0.05) is 0 Å². The molecule has 1 aliphatic heterocycles. The molecule has 2 rings (SSSR count). The molecular weight excluding hydrogens is 248 g/mol. The molecular formula is C13H25ClN4. The van der Waals surface area contributed by atoms with Crippen molar-refractivity contribution >= 4 is 12.4 Å². The van der Waals surface area contributed by atoms with Crippen molar-refractivity contribution in [2.45, 2.75) is 39.3 Å². The minimum absolute atomic E-state index is 0. The predicted octanol–water partition coefficient (Wildman–Crippen LogP) is 1.89. The van der Waals surface area contributed by atoms with Gasteiger partial charge in [-0.15, -0.1) is 12.4 Å². The van der Waals surface area contributed by atoms with E-state index >= 15 is 0 Å². The Labute approximate surface area is 116 Å². The van der Waals surface area contributed by atoms with Crippen LogP contribution in [0.3, 0.4) is 0 Å². The third-order valence-corrected chi connectivity index (χ3v) is 3.67. The lowest BCUT2D eigenvalue weighted by Crippen LogP contribution is -2.36. The summed E-state index contributed by atoms with van der Waals surface area (Å²) in [6.07, 6.45) is 5.73. The molecule has 1 aliphatic rings. The summed E-state index contributed by atoms with van der Waals surface area (Å²) in [7, 11) is 0. The van der Waals surface area contributed by atoms with Gasteiger partial charge in [-0.05, 0) is 51.3 Å². The van der Waals surface area contributed by atoms with E-state index in [1.165, 1.54) is 38.0 Å². The standard InChI is InChI=1S/C13H24N4.ClH/c1-2-17-13(6-8-15-17)11-16-9-3-4-12(10-16)5-7-14;/h6,8,12H,2-5,7,9-11,14H2,1H3;1H. The lowest BCUT2D eigenvalue weighted by atomic mass is 9.95. The van der Waals surface area contributed by atoms with E-state index in [0.29, 0.717) is 0 Å². The molecule has 2 N–H and O–H groups in total. The van der Waals surface area contributed by atoms with Crippen LogP contribution in [-0.4, -0.2) is 34.3 Å². The normalized spacial score (nSPS) is 20.7. The van der Waals surface area contributed by atoms with Gasteiger partial charge < -0.3 is 5.73 Å². The number of halogens is 1. The Morgan fingerprint density at radius 1 is 1.50 bits per heavy atom. The maximum Gasteiger partial charge on any atom is 0.0524 e. The van der Waals surface area contributed by atoms with Crippen LogP contribution >= 0.6 is 12.4 Å². The fourth-order valence-electron chi connectivity index (χ4n) is 2.77. The first-order chi connectivity index (χ1) is 8.33. The number of aromatic nitrogens is 2. The largest absolute Gasteiger partial charge is 0.330 e. The molecule has 1 fully saturated rings. The van der Waals surface area contributed by atoms with Crippen molar-refractivity contribution in [3.05, 3.63) is 18.0 Å². The number of hydrogen-bond donors (Lipinski definition) is 1. The second kappa shape index (κ2) is 7.77. The van der Waals surface area contributed by atoms with E-state index in [2.05, 4.69) is 27.7 Å². The van der Waals surface area contributed by atoms with Gasteiger partial charge in [0.2, 0.25) is 0 Å². The number of nitrogens with two attached hydrogens (primary N) is 1. The van der Waals surface area contributed by atoms with E-state index < -0.39 is 0 Å². The van der Waals surface area contributed by atoms with Gasteiger partial charge in [0.05, 0.1) is 5.69 Å². The summed E-state index contributed by atoms with van der Waals surface area (Å²) in [4.78, 5) is 2.55. The fourth-order valence-corrected chi connectivity index (χ4v) is 2.77. The lowest BCUT2D eigenvalue weighted by molar-refractivity contribution is 0.159. The molecule has 4 nitrogen and oxygen atoms in total. The monoisotopic (exact) mass is 272 g/mol. The van der Waals surface area contributed by atoms with Gasteiger partial charge in [-0.2, -0.15) is 5.10 Å². The number of likely N-dealkylation sites (tertiary alicyclic amines) is 1. The fraction of sp³-hybridized carbons (Fsp3) is 0.769. The highest BCUT2D eigenvalue weighted by atomic mass is 35.5. The zero-order chi connectivity index (χ0) is 12.1. The van der Waals surface area contributed by atoms with Crippen LogP contribution < -0.4 is 5.73 Å². The van der Waals surface area contributed by atoms with Crippen LogP contribution in [-0.2, 0) is 13.1 Å². The van der Waals surface area contributed by atoms with E-state index in [0.717, 1.165) is 25.6 Å². The van der Waals surface area contributed by atoms with Crippen LogP contribution in [0.2, 0.25) is 0 Å². The number of hydrogen-bond acceptors (Lipinski definition) is 3. The van der Waals surface area contributed by atoms with Crippen LogP contribution in [0.1, 0.15) is 31.9 Å². The average Bonchev–Trinajstić information content (AvgIpc) is 2.77. The molecule has 1 aromatic heterocycles. The molecule has 104 valence electrons. The van der Waals surface area contributed by atoms with Crippen molar-refractivity contribution in [3.8, 4) is 0 Å². The van der Waals surface area contributed by atoms with Crippen LogP contribution in [0.25, 0.3) is 0 Å². The third-order valence-electron chi connectivity index (χ3n) is 3.67. The number of piperidine rings is 1. The number of nitrogens with zero attached hydrogens (tertiary/aromatic N) is 3. The van der Waals surface area contributed by atoms with Gasteiger partial charge in [-0.3, -0.25) is 9.58 Å². The highest BCUT2D eigenvalue weighted by molar-refractivity contribution is 5.85. The first-order valence-electron chi connectivity index (χ1n) is 6.76. The Balaban J connectivity index is 0.00000162. The predicted molar refractivity (Wildman–Crippen MR) is 76.8 cm³/mol. The molecule has 1 unspecified atom stereocenters. The average molecular weight is 273 g/mol. The summed E-state index contributed by atoms with van der Waals surface area (Å²) in [5.41, 5.74) is 6.99. The minimum atomic E-state index is 0. The Hall–Kier alpha value is -0.580. The highest BCUT2D eigenvalue weighted by Gasteiger charge is 2.19. The number of aryl methyl sites for hydroxylation is 1. The molecule has 0 radical (unpaired) electrons. The van der Waals surface area contributed by atoms with E-state index in [1.807, 2.05) is 6.20 Å². The zero-order valence-electron chi connectivity index (χ0n) is 11.2. The van der Waals surface area contributed by atoms with Crippen LogP contribution in [0.4, 0.5) is 0 Å². The summed E-state index contributed by atoms with van der Waals surface area (Å²) < 4.78 is 2.09. The van der Waals surface area contributed by atoms with E-state index in [1.54, 1.807) is 0 Å². The van der Waals surface area contributed by atoms with Gasteiger partial charge in [0.15, 0.2) is 0 Å². The van der Waals surface area contributed by atoms with Gasteiger partial charge in [0.25, 0.3) is 0 Å². The first-order valence-corrected chi connectivity index (χ1v) is 6.76. The maximum atomic E-state index is 5.65. The Kier molecular flexibility index (Phi) is 6.68. The summed E-state index contributed by atoms with van der Waals surface area (Å²) in [6, 6.07) is 2.13. The SMILES string of the molecule is CCn1nccc1CN1CCCC(CCN)C1.Cl. The molecule has 0 spiro atoms. The van der Waals surface area contributed by atoms with Gasteiger partial charge >= 0.3 is 0 Å². The maximum absolute atomic E-state index is 5.65. The molecule has 0 aliphatic carbocycles. The quantitative estimate of drug-likeness (QED) is 0.890. The van der Waals surface area contributed by atoms with Crippen LogP contribution in [0, 0.1) is 5.92 Å². The van der Waals surface area contributed by atoms with Crippen molar-refractivity contribution in [1.82, 2.24) is 14.7 Å². The third kappa shape index (κ3) is 3.97. The minimum Gasteiger partial charge on any atom is -0.330 e. The molecule has 5 heteroatoms. The summed E-state index contributed by atoms with van der Waals surface area (Å²) in [5, 5.41) is 4.33. The highest BCUT2D eigenvalue weighted by Crippen LogP contribution is 2.20. The van der Waals surface area contributed by atoms with Crippen LogP contribution in [0.15, 0.2) is 12.3 Å². The zero-order valence-corrected chi connectivity index (χ0v) is 12.0. The summed E-state index contributed by atoms with van der Waals surface area (Å²) >= 11 is 0. The van der Waals surface area contributed by atoms with Gasteiger partial charge in [0.1, 0.15) is 0 Å². The molecule has 0 bridgehead atoms. The van der Waals surface area contributed by atoms with Crippen LogP contribution in [0.5, 0.6) is 0 Å². The van der Waals surface area contributed by atoms with Crippen molar-refractivity contribution < 1.29 is 0 Å².